The van der Waals surface area contributed by atoms with Crippen molar-refractivity contribution in [1.82, 2.24) is 9.29 Å². The molecule has 5 aromatic carbocycles. The molecule has 0 aliphatic carbocycles. The van der Waals surface area contributed by atoms with Crippen LogP contribution in [0.3, 0.4) is 0 Å². The van der Waals surface area contributed by atoms with Crippen LogP contribution >= 0.6 is 32.8 Å². The third-order valence-electron chi connectivity index (χ3n) is 8.33. The molecule has 0 fully saturated rings. The Labute approximate surface area is 322 Å². The molecule has 2 atom stereocenters. The number of fused-ring (bicyclic) bond motifs is 1. The second-order valence-corrected chi connectivity index (χ2v) is 15.2. The molecule has 1 amide bonds. The van der Waals surface area contributed by atoms with Crippen molar-refractivity contribution in [1.29, 1.82) is 10.5 Å². The summed E-state index contributed by atoms with van der Waals surface area (Å²) in [5.41, 5.74) is 4.50. The van der Waals surface area contributed by atoms with Gasteiger partial charge in [-0.25, -0.2) is 8.78 Å². The van der Waals surface area contributed by atoms with Crippen LogP contribution in [0.2, 0.25) is 5.02 Å². The van der Waals surface area contributed by atoms with E-state index in [0.29, 0.717) is 50.0 Å². The Morgan fingerprint density at radius 1 is 0.907 bits per heavy atom. The number of alkyl halides is 1. The second-order valence-electron chi connectivity index (χ2n) is 13.2. The van der Waals surface area contributed by atoms with Crippen LogP contribution in [0.25, 0.3) is 44.4 Å². The average Bonchev–Trinajstić information content (AvgIpc) is 3.45. The lowest BCUT2D eigenvalue weighted by atomic mass is 9.90. The van der Waals surface area contributed by atoms with E-state index in [2.05, 4.69) is 26.7 Å². The summed E-state index contributed by atoms with van der Waals surface area (Å²) in [6.45, 7) is 4.90. The molecule has 0 radical (unpaired) electrons. The predicted molar refractivity (Wildman–Crippen MR) is 212 cm³/mol. The van der Waals surface area contributed by atoms with Crippen LogP contribution in [0.15, 0.2) is 108 Å². The minimum Gasteiger partial charge on any atom is -0.459 e. The molecular weight excluding hydrogens is 745 g/mol. The Kier molecular flexibility index (Phi) is 11.2. The zero-order valence-electron chi connectivity index (χ0n) is 29.3. The SMILES string of the molecule is CC(C)(C)OC(=O)CNC(=O)c1ccc(-c2cccc(-c3c(-c4c(C#N)cccc4C#N)c4cc(F)ccc4n3Sc3ccc(C(F)P)cc3)c2)c(Cl)c1. The fourth-order valence-electron chi connectivity index (χ4n) is 6.03. The lowest BCUT2D eigenvalue weighted by molar-refractivity contribution is -0.153. The van der Waals surface area contributed by atoms with E-state index < -0.39 is 29.2 Å². The van der Waals surface area contributed by atoms with E-state index in [0.717, 1.165) is 4.90 Å². The van der Waals surface area contributed by atoms with Gasteiger partial charge in [-0.2, -0.15) is 10.5 Å². The van der Waals surface area contributed by atoms with Crippen molar-refractivity contribution in [2.45, 2.75) is 37.2 Å². The van der Waals surface area contributed by atoms with Crippen molar-refractivity contribution < 1.29 is 23.1 Å². The molecule has 0 saturated carbocycles. The molecule has 270 valence electrons. The minimum atomic E-state index is -1.23. The van der Waals surface area contributed by atoms with E-state index in [1.165, 1.54) is 30.1 Å². The average molecular weight is 777 g/mol. The highest BCUT2D eigenvalue weighted by Gasteiger charge is 2.26. The Balaban J connectivity index is 1.50. The van der Waals surface area contributed by atoms with Gasteiger partial charge in [0.05, 0.1) is 34.5 Å². The van der Waals surface area contributed by atoms with Crippen molar-refractivity contribution in [2.24, 2.45) is 0 Å². The molecule has 1 heterocycles. The van der Waals surface area contributed by atoms with Crippen LogP contribution < -0.4 is 5.32 Å². The summed E-state index contributed by atoms with van der Waals surface area (Å²) in [5.74, 6) is -2.81. The van der Waals surface area contributed by atoms with Crippen LogP contribution in [0.5, 0.6) is 0 Å². The van der Waals surface area contributed by atoms with Crippen LogP contribution in [0.4, 0.5) is 8.78 Å². The lowest BCUT2D eigenvalue weighted by Gasteiger charge is -2.19. The van der Waals surface area contributed by atoms with E-state index in [9.17, 15) is 24.5 Å². The van der Waals surface area contributed by atoms with Gasteiger partial charge in [0.1, 0.15) is 23.9 Å². The molecule has 54 heavy (non-hydrogen) atoms. The molecule has 0 bridgehead atoms. The Morgan fingerprint density at radius 2 is 1.57 bits per heavy atom. The first-order valence-electron chi connectivity index (χ1n) is 16.6. The molecular formula is C42H32ClF2N4O3PS. The van der Waals surface area contributed by atoms with Crippen LogP contribution in [-0.2, 0) is 9.53 Å². The normalized spacial score (nSPS) is 11.8. The number of benzene rings is 5. The molecule has 0 aliphatic rings. The lowest BCUT2D eigenvalue weighted by Crippen LogP contribution is -2.34. The highest BCUT2D eigenvalue weighted by molar-refractivity contribution is 7.98. The molecule has 1 N–H and O–H groups in total. The molecule has 6 aromatic rings. The largest absolute Gasteiger partial charge is 0.459 e. The number of hydrogen-bond donors (Lipinski definition) is 1. The van der Waals surface area contributed by atoms with Gasteiger partial charge in [-0.1, -0.05) is 63.3 Å². The number of carbonyl (C=O) groups is 2. The van der Waals surface area contributed by atoms with Crippen LogP contribution in [-0.4, -0.2) is 28.0 Å². The number of esters is 1. The van der Waals surface area contributed by atoms with Crippen LogP contribution in [0.1, 0.15) is 53.7 Å². The predicted octanol–water partition coefficient (Wildman–Crippen LogP) is 10.6. The van der Waals surface area contributed by atoms with Gasteiger partial charge in [0.25, 0.3) is 5.91 Å². The molecule has 0 spiro atoms. The summed E-state index contributed by atoms with van der Waals surface area (Å²) in [6.07, 6.45) is 0. The Bertz CT molecular complexity index is 2490. The van der Waals surface area contributed by atoms with Gasteiger partial charge in [-0.05, 0) is 105 Å². The van der Waals surface area contributed by atoms with Gasteiger partial charge in [-0.15, -0.1) is 0 Å². The monoisotopic (exact) mass is 776 g/mol. The number of nitriles is 2. The molecule has 7 nitrogen and oxygen atoms in total. The number of rotatable bonds is 9. The van der Waals surface area contributed by atoms with Gasteiger partial charge in [0.15, 0.2) is 0 Å². The topological polar surface area (TPSA) is 108 Å². The number of nitrogens with zero attached hydrogens (tertiary/aromatic N) is 3. The molecule has 12 heteroatoms. The minimum absolute atomic E-state index is 0.238. The van der Waals surface area contributed by atoms with Crippen molar-refractivity contribution in [2.75, 3.05) is 6.54 Å². The fourth-order valence-corrected chi connectivity index (χ4v) is 7.55. The van der Waals surface area contributed by atoms with Crippen molar-refractivity contribution >= 4 is 55.6 Å². The van der Waals surface area contributed by atoms with Gasteiger partial charge in [0.2, 0.25) is 0 Å². The maximum absolute atomic E-state index is 15.1. The molecule has 0 aliphatic heterocycles. The van der Waals surface area contributed by atoms with Crippen molar-refractivity contribution in [3.05, 3.63) is 136 Å². The zero-order chi connectivity index (χ0) is 38.7. The van der Waals surface area contributed by atoms with Gasteiger partial charge >= 0.3 is 5.97 Å². The number of hydrogen-bond acceptors (Lipinski definition) is 6. The maximum atomic E-state index is 15.1. The van der Waals surface area contributed by atoms with Crippen molar-refractivity contribution in [3.63, 3.8) is 0 Å². The second kappa shape index (κ2) is 15.8. The van der Waals surface area contributed by atoms with E-state index >= 15 is 4.39 Å². The van der Waals surface area contributed by atoms with E-state index in [-0.39, 0.29) is 28.3 Å². The van der Waals surface area contributed by atoms with E-state index in [1.807, 2.05) is 28.2 Å². The summed E-state index contributed by atoms with van der Waals surface area (Å²) >= 11 is 8.12. The van der Waals surface area contributed by atoms with Crippen molar-refractivity contribution in [3.8, 4) is 45.6 Å². The first kappa shape index (κ1) is 38.2. The molecule has 0 saturated heterocycles. The molecule has 6 rings (SSSR count). The highest BCUT2D eigenvalue weighted by atomic mass is 35.5. The zero-order valence-corrected chi connectivity index (χ0v) is 32.0. The van der Waals surface area contributed by atoms with Gasteiger partial charge in [-0.3, -0.25) is 13.6 Å². The number of halogens is 3. The Hall–Kier alpha value is -5.51. The third kappa shape index (κ3) is 8.17. The summed E-state index contributed by atoms with van der Waals surface area (Å²) < 4.78 is 36.3. The maximum Gasteiger partial charge on any atom is 0.325 e. The number of aromatic nitrogens is 1. The number of carbonyl (C=O) groups excluding carboxylic acids is 2. The summed E-state index contributed by atoms with van der Waals surface area (Å²) in [7, 11) is 2.13. The smallest absolute Gasteiger partial charge is 0.325 e. The first-order valence-corrected chi connectivity index (χ1v) is 18.5. The van der Waals surface area contributed by atoms with Gasteiger partial charge in [0, 0.05) is 43.1 Å². The van der Waals surface area contributed by atoms with E-state index in [4.69, 9.17) is 16.3 Å². The first-order chi connectivity index (χ1) is 25.8. The van der Waals surface area contributed by atoms with Gasteiger partial charge < -0.3 is 10.1 Å². The highest BCUT2D eigenvalue weighted by Crippen LogP contribution is 2.47. The quantitative estimate of drug-likeness (QED) is 0.116. The third-order valence-corrected chi connectivity index (χ3v) is 10.1. The number of nitrogens with one attached hydrogen (secondary N) is 1. The number of amides is 1. The molecule has 2 unspecified atom stereocenters. The summed E-state index contributed by atoms with van der Waals surface area (Å²) in [4.78, 5) is 25.8. The van der Waals surface area contributed by atoms with Crippen LogP contribution in [0, 0.1) is 28.5 Å². The Morgan fingerprint density at radius 3 is 2.20 bits per heavy atom. The van der Waals surface area contributed by atoms with E-state index in [1.54, 1.807) is 81.4 Å². The summed E-state index contributed by atoms with van der Waals surface area (Å²) in [5, 5.41) is 23.8. The number of ether oxygens (including phenoxy) is 1. The standard InChI is InChI=1S/C42H32ClF2N4O3PS/c1-42(2,3)52-36(50)23-48-41(51)27-12-16-32(34(43)19-27)25-6-4-7-26(18-25)39-38(37-28(21-46)8-5-9-29(37)22-47)33-20-30(44)13-17-35(33)49(39)54-31-14-10-24(11-15-31)40(45)53/h4-20,40H,23,53H2,1-3H3,(H,48,51). The molecule has 1 aromatic heterocycles. The fraction of sp³-hybridized carbons (Fsp3) is 0.143. The summed E-state index contributed by atoms with van der Waals surface area (Å²) in [6, 6.07) is 32.9.